The van der Waals surface area contributed by atoms with Gasteiger partial charge in [0.15, 0.2) is 5.82 Å². The normalized spacial score (nSPS) is 16.6. The van der Waals surface area contributed by atoms with Gasteiger partial charge in [0.2, 0.25) is 5.91 Å². The van der Waals surface area contributed by atoms with Gasteiger partial charge in [0.05, 0.1) is 5.92 Å². The predicted octanol–water partition coefficient (Wildman–Crippen LogP) is 3.39. The molecule has 0 radical (unpaired) electrons. The van der Waals surface area contributed by atoms with Crippen molar-refractivity contribution >= 4 is 17.4 Å². The molecule has 1 amide bonds. The van der Waals surface area contributed by atoms with Crippen LogP contribution in [0.15, 0.2) is 30.3 Å². The van der Waals surface area contributed by atoms with Crippen LogP contribution in [0.5, 0.6) is 0 Å². The van der Waals surface area contributed by atoms with Crippen molar-refractivity contribution in [3.05, 3.63) is 41.6 Å². The van der Waals surface area contributed by atoms with E-state index in [9.17, 15) is 4.79 Å². The van der Waals surface area contributed by atoms with E-state index in [4.69, 9.17) is 5.73 Å². The number of hydrogen-bond acceptors (Lipinski definition) is 3. The fourth-order valence-corrected chi connectivity index (χ4v) is 3.02. The van der Waals surface area contributed by atoms with E-state index in [0.29, 0.717) is 17.4 Å². The molecule has 1 fully saturated rings. The molecule has 0 bridgehead atoms. The van der Waals surface area contributed by atoms with Crippen molar-refractivity contribution in [1.29, 1.82) is 0 Å². The summed E-state index contributed by atoms with van der Waals surface area (Å²) < 4.78 is 0. The van der Waals surface area contributed by atoms with E-state index < -0.39 is 0 Å². The van der Waals surface area contributed by atoms with Crippen molar-refractivity contribution in [2.75, 3.05) is 11.1 Å². The molecule has 1 aromatic carbocycles. The number of nitrogens with zero attached hydrogens (tertiary/aromatic N) is 1. The van der Waals surface area contributed by atoms with Crippen LogP contribution in [0.25, 0.3) is 0 Å². The Morgan fingerprint density at radius 1 is 1.32 bits per heavy atom. The monoisotopic (exact) mass is 298 g/mol. The Morgan fingerprint density at radius 3 is 2.68 bits per heavy atom. The first-order valence-corrected chi connectivity index (χ1v) is 7.85. The largest absolute Gasteiger partial charge is 0.399 e. The van der Waals surface area contributed by atoms with Gasteiger partial charge >= 0.3 is 0 Å². The van der Waals surface area contributed by atoms with Crippen molar-refractivity contribution < 1.29 is 4.79 Å². The molecule has 1 heterocycles. The van der Waals surface area contributed by atoms with Crippen molar-refractivity contribution in [3.8, 4) is 0 Å². The van der Waals surface area contributed by atoms with Gasteiger partial charge in [-0.15, -0.1) is 0 Å². The van der Waals surface area contributed by atoms with Gasteiger partial charge < -0.3 is 11.1 Å². The van der Waals surface area contributed by atoms with Crippen molar-refractivity contribution in [3.63, 3.8) is 0 Å². The number of anilines is 2. The van der Waals surface area contributed by atoms with Gasteiger partial charge in [-0.3, -0.25) is 9.89 Å². The van der Waals surface area contributed by atoms with Crippen LogP contribution in [-0.4, -0.2) is 16.1 Å². The first-order chi connectivity index (χ1) is 10.6. The molecule has 1 atom stereocenters. The molecule has 116 valence electrons. The van der Waals surface area contributed by atoms with Gasteiger partial charge in [0.25, 0.3) is 0 Å². The van der Waals surface area contributed by atoms with Crippen LogP contribution in [-0.2, 0) is 4.79 Å². The van der Waals surface area contributed by atoms with E-state index in [1.807, 2.05) is 37.3 Å². The third-order valence-corrected chi connectivity index (χ3v) is 4.47. The van der Waals surface area contributed by atoms with Crippen LogP contribution in [0.1, 0.15) is 55.7 Å². The molecule has 0 unspecified atom stereocenters. The molecule has 1 aliphatic rings. The minimum atomic E-state index is -0.243. The standard InChI is InChI=1S/C17H22N4O/c1-11(12-6-8-14(18)9-7-12)17(22)19-16-10-15(20-21-16)13-4-2-3-5-13/h6-11,13H,2-5,18H2,1H3,(H2,19,20,21,22)/t11-/m0/s1. The van der Waals surface area contributed by atoms with E-state index in [2.05, 4.69) is 15.5 Å². The zero-order valence-electron chi connectivity index (χ0n) is 12.8. The molecule has 3 rings (SSSR count). The smallest absolute Gasteiger partial charge is 0.232 e. The SMILES string of the molecule is C[C@H](C(=O)Nc1cc(C2CCCC2)[nH]n1)c1ccc(N)cc1. The number of amides is 1. The second kappa shape index (κ2) is 6.22. The molecule has 5 heteroatoms. The Bertz CT molecular complexity index is 641. The number of aromatic amines is 1. The van der Waals surface area contributed by atoms with Crippen LogP contribution in [0.2, 0.25) is 0 Å². The lowest BCUT2D eigenvalue weighted by Gasteiger charge is -2.11. The lowest BCUT2D eigenvalue weighted by Crippen LogP contribution is -2.19. The summed E-state index contributed by atoms with van der Waals surface area (Å²) >= 11 is 0. The molecule has 1 saturated carbocycles. The quantitative estimate of drug-likeness (QED) is 0.756. The third kappa shape index (κ3) is 3.13. The highest BCUT2D eigenvalue weighted by Gasteiger charge is 2.21. The second-order valence-electron chi connectivity index (χ2n) is 6.07. The van der Waals surface area contributed by atoms with E-state index in [1.165, 1.54) is 25.7 Å². The Balaban J connectivity index is 1.64. The number of nitrogens with one attached hydrogen (secondary N) is 2. The fourth-order valence-electron chi connectivity index (χ4n) is 3.02. The van der Waals surface area contributed by atoms with E-state index in [-0.39, 0.29) is 11.8 Å². The number of H-pyrrole nitrogens is 1. The maximum absolute atomic E-state index is 12.3. The van der Waals surface area contributed by atoms with Gasteiger partial charge in [-0.1, -0.05) is 25.0 Å². The summed E-state index contributed by atoms with van der Waals surface area (Å²) in [5.74, 6) is 0.864. The first kappa shape index (κ1) is 14.6. The summed E-state index contributed by atoms with van der Waals surface area (Å²) in [7, 11) is 0. The molecular formula is C17H22N4O. The molecular weight excluding hydrogens is 276 g/mol. The molecule has 1 aromatic heterocycles. The average molecular weight is 298 g/mol. The molecule has 2 aromatic rings. The number of rotatable bonds is 4. The maximum atomic E-state index is 12.3. The van der Waals surface area contributed by atoms with Gasteiger partial charge in [0, 0.05) is 23.4 Å². The third-order valence-electron chi connectivity index (χ3n) is 4.47. The van der Waals surface area contributed by atoms with Crippen molar-refractivity contribution in [1.82, 2.24) is 10.2 Å². The summed E-state index contributed by atoms with van der Waals surface area (Å²) in [6.07, 6.45) is 4.97. The minimum Gasteiger partial charge on any atom is -0.399 e. The summed E-state index contributed by atoms with van der Waals surface area (Å²) in [6.45, 7) is 1.88. The summed E-state index contributed by atoms with van der Waals surface area (Å²) in [5, 5.41) is 10.2. The van der Waals surface area contributed by atoms with Crippen LogP contribution < -0.4 is 11.1 Å². The Labute approximate surface area is 130 Å². The molecule has 0 spiro atoms. The van der Waals surface area contributed by atoms with E-state index in [0.717, 1.165) is 11.3 Å². The van der Waals surface area contributed by atoms with Crippen LogP contribution in [0.3, 0.4) is 0 Å². The van der Waals surface area contributed by atoms with E-state index >= 15 is 0 Å². The highest BCUT2D eigenvalue weighted by molar-refractivity contribution is 5.94. The van der Waals surface area contributed by atoms with Gasteiger partial charge in [0.1, 0.15) is 0 Å². The van der Waals surface area contributed by atoms with E-state index in [1.54, 1.807) is 0 Å². The molecule has 1 aliphatic carbocycles. The Hall–Kier alpha value is -2.30. The highest BCUT2D eigenvalue weighted by atomic mass is 16.1. The number of aromatic nitrogens is 2. The Kier molecular flexibility index (Phi) is 4.13. The number of nitrogen functional groups attached to an aromatic ring is 1. The molecule has 4 N–H and O–H groups in total. The highest BCUT2D eigenvalue weighted by Crippen LogP contribution is 2.33. The van der Waals surface area contributed by atoms with Crippen LogP contribution >= 0.6 is 0 Å². The zero-order valence-corrected chi connectivity index (χ0v) is 12.8. The van der Waals surface area contributed by atoms with Gasteiger partial charge in [-0.2, -0.15) is 5.10 Å². The topological polar surface area (TPSA) is 83.8 Å². The first-order valence-electron chi connectivity index (χ1n) is 7.85. The predicted molar refractivity (Wildman–Crippen MR) is 87.7 cm³/mol. The number of carbonyl (C=O) groups excluding carboxylic acids is 1. The van der Waals surface area contributed by atoms with Gasteiger partial charge in [-0.05, 0) is 37.5 Å². The average Bonchev–Trinajstić information content (AvgIpc) is 3.18. The summed E-state index contributed by atoms with van der Waals surface area (Å²) in [4.78, 5) is 12.3. The number of benzene rings is 1. The van der Waals surface area contributed by atoms with Gasteiger partial charge in [-0.25, -0.2) is 0 Å². The maximum Gasteiger partial charge on any atom is 0.232 e. The van der Waals surface area contributed by atoms with Crippen LogP contribution in [0, 0.1) is 0 Å². The van der Waals surface area contributed by atoms with Crippen molar-refractivity contribution in [2.24, 2.45) is 0 Å². The summed E-state index contributed by atoms with van der Waals surface area (Å²) in [5.41, 5.74) is 8.45. The lowest BCUT2D eigenvalue weighted by molar-refractivity contribution is -0.117. The second-order valence-corrected chi connectivity index (χ2v) is 6.07. The molecule has 22 heavy (non-hydrogen) atoms. The summed E-state index contributed by atoms with van der Waals surface area (Å²) in [6, 6.07) is 9.35. The number of nitrogens with two attached hydrogens (primary N) is 1. The molecule has 5 nitrogen and oxygen atoms in total. The van der Waals surface area contributed by atoms with Crippen molar-refractivity contribution in [2.45, 2.75) is 44.4 Å². The molecule has 0 saturated heterocycles. The van der Waals surface area contributed by atoms with Crippen LogP contribution in [0.4, 0.5) is 11.5 Å². The minimum absolute atomic E-state index is 0.0609. The number of hydrogen-bond donors (Lipinski definition) is 3. The lowest BCUT2D eigenvalue weighted by atomic mass is 10.00. The fraction of sp³-hybridized carbons (Fsp3) is 0.412. The number of carbonyl (C=O) groups is 1. The zero-order chi connectivity index (χ0) is 15.5. The Morgan fingerprint density at radius 2 is 2.00 bits per heavy atom. The molecule has 0 aliphatic heterocycles.